The molecule has 1 aromatic rings. The molecule has 6 heteroatoms. The quantitative estimate of drug-likeness (QED) is 0.581. The van der Waals surface area contributed by atoms with E-state index in [-0.39, 0.29) is 24.6 Å². The van der Waals surface area contributed by atoms with E-state index < -0.39 is 11.0 Å². The van der Waals surface area contributed by atoms with Gasteiger partial charge in [0.2, 0.25) is 5.91 Å². The van der Waals surface area contributed by atoms with E-state index in [0.717, 1.165) is 0 Å². The molecule has 0 heterocycles. The molecule has 0 radical (unpaired) electrons. The third kappa shape index (κ3) is 4.60. The maximum absolute atomic E-state index is 11.4. The van der Waals surface area contributed by atoms with Gasteiger partial charge in [-0.15, -0.1) is 0 Å². The SMILES string of the molecule is C[C@H](O)CNC(=O)Cc1cccc([N+](=O)[O-])c1. The van der Waals surface area contributed by atoms with Crippen LogP contribution in [0.4, 0.5) is 5.69 Å². The molecule has 0 aromatic heterocycles. The van der Waals surface area contributed by atoms with E-state index in [1.807, 2.05) is 0 Å². The Hall–Kier alpha value is -1.95. The third-order valence-electron chi connectivity index (χ3n) is 2.08. The number of nitrogens with one attached hydrogen (secondary N) is 1. The van der Waals surface area contributed by atoms with Gasteiger partial charge < -0.3 is 10.4 Å². The van der Waals surface area contributed by atoms with Gasteiger partial charge in [-0.2, -0.15) is 0 Å². The van der Waals surface area contributed by atoms with Gasteiger partial charge in [0.25, 0.3) is 5.69 Å². The molecule has 17 heavy (non-hydrogen) atoms. The predicted molar refractivity (Wildman–Crippen MR) is 61.5 cm³/mol. The molecule has 1 amide bonds. The second kappa shape index (κ2) is 5.95. The van der Waals surface area contributed by atoms with Crippen molar-refractivity contribution in [3.05, 3.63) is 39.9 Å². The second-order valence-electron chi connectivity index (χ2n) is 3.76. The van der Waals surface area contributed by atoms with E-state index in [9.17, 15) is 14.9 Å². The molecule has 0 fully saturated rings. The van der Waals surface area contributed by atoms with Crippen LogP contribution in [0.5, 0.6) is 0 Å². The van der Waals surface area contributed by atoms with Gasteiger partial charge in [-0.05, 0) is 12.5 Å². The molecule has 1 atom stereocenters. The van der Waals surface area contributed by atoms with Crippen LogP contribution in [-0.2, 0) is 11.2 Å². The monoisotopic (exact) mass is 238 g/mol. The number of benzene rings is 1. The minimum atomic E-state index is -0.607. The zero-order valence-corrected chi connectivity index (χ0v) is 9.42. The van der Waals surface area contributed by atoms with E-state index in [1.54, 1.807) is 13.0 Å². The summed E-state index contributed by atoms with van der Waals surface area (Å²) in [6.07, 6.45) is -0.543. The number of aliphatic hydroxyl groups excluding tert-OH is 1. The van der Waals surface area contributed by atoms with E-state index in [0.29, 0.717) is 5.56 Å². The van der Waals surface area contributed by atoms with Crippen molar-refractivity contribution in [2.75, 3.05) is 6.54 Å². The minimum Gasteiger partial charge on any atom is -0.392 e. The van der Waals surface area contributed by atoms with E-state index in [2.05, 4.69) is 5.32 Å². The van der Waals surface area contributed by atoms with Crippen molar-refractivity contribution in [2.45, 2.75) is 19.4 Å². The molecule has 0 saturated carbocycles. The van der Waals surface area contributed by atoms with Crippen molar-refractivity contribution in [3.8, 4) is 0 Å². The van der Waals surface area contributed by atoms with Crippen molar-refractivity contribution in [3.63, 3.8) is 0 Å². The van der Waals surface area contributed by atoms with Gasteiger partial charge in [-0.1, -0.05) is 12.1 Å². The highest BCUT2D eigenvalue weighted by molar-refractivity contribution is 5.78. The number of nitro benzene ring substituents is 1. The highest BCUT2D eigenvalue weighted by Gasteiger charge is 2.09. The van der Waals surface area contributed by atoms with Crippen molar-refractivity contribution < 1.29 is 14.8 Å². The van der Waals surface area contributed by atoms with Crippen LogP contribution < -0.4 is 5.32 Å². The standard InChI is InChI=1S/C11H14N2O4/c1-8(14)7-12-11(15)6-9-3-2-4-10(5-9)13(16)17/h2-5,8,14H,6-7H2,1H3,(H,12,15)/t8-/m0/s1. The molecule has 0 aliphatic heterocycles. The number of aliphatic hydroxyl groups is 1. The first kappa shape index (κ1) is 13.1. The minimum absolute atomic E-state index is 0.0363. The summed E-state index contributed by atoms with van der Waals surface area (Å²) < 4.78 is 0. The van der Waals surface area contributed by atoms with Crippen LogP contribution >= 0.6 is 0 Å². The van der Waals surface area contributed by atoms with Crippen LogP contribution in [-0.4, -0.2) is 28.6 Å². The Balaban J connectivity index is 2.59. The van der Waals surface area contributed by atoms with Crippen molar-refractivity contribution in [2.24, 2.45) is 0 Å². The Morgan fingerprint density at radius 3 is 2.88 bits per heavy atom. The molecular formula is C11H14N2O4. The normalized spacial score (nSPS) is 11.9. The van der Waals surface area contributed by atoms with Crippen LogP contribution in [0.15, 0.2) is 24.3 Å². The summed E-state index contributed by atoms with van der Waals surface area (Å²) in [6.45, 7) is 1.74. The number of non-ortho nitro benzene ring substituents is 1. The number of hydrogen-bond donors (Lipinski definition) is 2. The summed E-state index contributed by atoms with van der Waals surface area (Å²) >= 11 is 0. The molecule has 92 valence electrons. The van der Waals surface area contributed by atoms with Crippen LogP contribution in [0.1, 0.15) is 12.5 Å². The Morgan fingerprint density at radius 1 is 1.59 bits per heavy atom. The Labute approximate surface area is 98.4 Å². The molecule has 6 nitrogen and oxygen atoms in total. The van der Waals surface area contributed by atoms with Crippen LogP contribution in [0, 0.1) is 10.1 Å². The van der Waals surface area contributed by atoms with Gasteiger partial charge in [-0.25, -0.2) is 0 Å². The van der Waals surface area contributed by atoms with Crippen LogP contribution in [0.25, 0.3) is 0 Å². The molecule has 1 rings (SSSR count). The van der Waals surface area contributed by atoms with Gasteiger partial charge in [-0.3, -0.25) is 14.9 Å². The van der Waals surface area contributed by atoms with E-state index in [1.165, 1.54) is 18.2 Å². The van der Waals surface area contributed by atoms with Crippen LogP contribution in [0.3, 0.4) is 0 Å². The lowest BCUT2D eigenvalue weighted by molar-refractivity contribution is -0.384. The largest absolute Gasteiger partial charge is 0.392 e. The fourth-order valence-corrected chi connectivity index (χ4v) is 1.29. The van der Waals surface area contributed by atoms with Crippen molar-refractivity contribution >= 4 is 11.6 Å². The second-order valence-corrected chi connectivity index (χ2v) is 3.76. The average Bonchev–Trinajstić information content (AvgIpc) is 2.26. The lowest BCUT2D eigenvalue weighted by Crippen LogP contribution is -2.31. The van der Waals surface area contributed by atoms with Crippen molar-refractivity contribution in [1.82, 2.24) is 5.32 Å². The predicted octanol–water partition coefficient (Wildman–Crippen LogP) is 0.634. The maximum atomic E-state index is 11.4. The molecule has 1 aromatic carbocycles. The summed E-state index contributed by atoms with van der Waals surface area (Å²) in [7, 11) is 0. The Morgan fingerprint density at radius 2 is 2.29 bits per heavy atom. The lowest BCUT2D eigenvalue weighted by atomic mass is 10.1. The summed E-state index contributed by atoms with van der Waals surface area (Å²) in [6, 6.07) is 5.92. The molecule has 2 N–H and O–H groups in total. The highest BCUT2D eigenvalue weighted by atomic mass is 16.6. The molecule has 0 aliphatic rings. The summed E-state index contributed by atoms with van der Waals surface area (Å²) in [5, 5.41) is 22.0. The maximum Gasteiger partial charge on any atom is 0.269 e. The number of carbonyl (C=O) groups excluding carboxylic acids is 1. The van der Waals surface area contributed by atoms with E-state index in [4.69, 9.17) is 5.11 Å². The van der Waals surface area contributed by atoms with Gasteiger partial charge >= 0.3 is 0 Å². The highest BCUT2D eigenvalue weighted by Crippen LogP contribution is 2.13. The summed E-state index contributed by atoms with van der Waals surface area (Å²) in [4.78, 5) is 21.4. The fraction of sp³-hybridized carbons (Fsp3) is 0.364. The van der Waals surface area contributed by atoms with Gasteiger partial charge in [0, 0.05) is 18.7 Å². The first-order valence-corrected chi connectivity index (χ1v) is 5.17. The molecule has 0 bridgehead atoms. The molecule has 0 aliphatic carbocycles. The Bertz CT molecular complexity index is 418. The number of hydrogen-bond acceptors (Lipinski definition) is 4. The zero-order chi connectivity index (χ0) is 12.8. The lowest BCUT2D eigenvalue weighted by Gasteiger charge is -2.06. The van der Waals surface area contributed by atoms with E-state index >= 15 is 0 Å². The van der Waals surface area contributed by atoms with Crippen molar-refractivity contribution in [1.29, 1.82) is 0 Å². The first-order chi connectivity index (χ1) is 7.99. The topological polar surface area (TPSA) is 92.5 Å². The molecule has 0 unspecified atom stereocenters. The fourth-order valence-electron chi connectivity index (χ4n) is 1.29. The van der Waals surface area contributed by atoms with Gasteiger partial charge in [0.15, 0.2) is 0 Å². The molecule has 0 saturated heterocycles. The number of rotatable bonds is 5. The van der Waals surface area contributed by atoms with Crippen LogP contribution in [0.2, 0.25) is 0 Å². The number of carbonyl (C=O) groups is 1. The molecule has 0 spiro atoms. The van der Waals surface area contributed by atoms with Gasteiger partial charge in [0.1, 0.15) is 0 Å². The number of nitrogens with zero attached hydrogens (tertiary/aromatic N) is 1. The Kier molecular flexibility index (Phi) is 4.59. The summed E-state index contributed by atoms with van der Waals surface area (Å²) in [5.74, 6) is -0.272. The summed E-state index contributed by atoms with van der Waals surface area (Å²) in [5.41, 5.74) is 0.535. The smallest absolute Gasteiger partial charge is 0.269 e. The van der Waals surface area contributed by atoms with Gasteiger partial charge in [0.05, 0.1) is 17.4 Å². The number of amides is 1. The third-order valence-corrected chi connectivity index (χ3v) is 2.08. The zero-order valence-electron chi connectivity index (χ0n) is 9.42. The molecular weight excluding hydrogens is 224 g/mol. The first-order valence-electron chi connectivity index (χ1n) is 5.17. The number of nitro groups is 1. The average molecular weight is 238 g/mol.